The molecule has 6 nitrogen and oxygen atoms in total. The van der Waals surface area contributed by atoms with Crippen LogP contribution in [0.25, 0.3) is 0 Å². The summed E-state index contributed by atoms with van der Waals surface area (Å²) in [5, 5.41) is 11.1. The summed E-state index contributed by atoms with van der Waals surface area (Å²) in [7, 11) is 0. The number of benzene rings is 1. The van der Waals surface area contributed by atoms with Crippen LogP contribution in [0, 0.1) is 13.8 Å². The van der Waals surface area contributed by atoms with Gasteiger partial charge in [0.2, 0.25) is 11.8 Å². The quantitative estimate of drug-likeness (QED) is 0.685. The van der Waals surface area contributed by atoms with E-state index in [0.717, 1.165) is 11.1 Å². The summed E-state index contributed by atoms with van der Waals surface area (Å²) < 4.78 is 5.27. The third-order valence-electron chi connectivity index (χ3n) is 3.59. The Hall–Kier alpha value is -2.67. The van der Waals surface area contributed by atoms with E-state index in [0.29, 0.717) is 11.1 Å². The molecule has 25 heavy (non-hydrogen) atoms. The number of aryl methyl sites for hydroxylation is 2. The van der Waals surface area contributed by atoms with Crippen LogP contribution in [0.3, 0.4) is 0 Å². The molecule has 0 aliphatic carbocycles. The fraction of sp³-hybridized carbons (Fsp3) is 0.222. The Bertz CT molecular complexity index is 834. The summed E-state index contributed by atoms with van der Waals surface area (Å²) in [6.45, 7) is 3.75. The molecule has 2 heterocycles. The van der Waals surface area contributed by atoms with Crippen LogP contribution >= 0.6 is 11.8 Å². The Morgan fingerprint density at radius 2 is 1.76 bits per heavy atom. The van der Waals surface area contributed by atoms with E-state index in [4.69, 9.17) is 4.42 Å². The lowest BCUT2D eigenvalue weighted by molar-refractivity contribution is -0.119. The standard InChI is InChI=1S/C18H18N4O2S/c1-12-3-5-14(6-4-12)17(15-7-9-19-10-8-15)20-16(23)11-25-18-22-21-13(2)24-18/h3-10,17H,11H2,1-2H3,(H,20,23). The van der Waals surface area contributed by atoms with Crippen molar-refractivity contribution in [3.05, 3.63) is 71.4 Å². The van der Waals surface area contributed by atoms with Crippen LogP contribution in [0.15, 0.2) is 58.4 Å². The Morgan fingerprint density at radius 3 is 2.40 bits per heavy atom. The first-order valence-electron chi connectivity index (χ1n) is 7.80. The number of carbonyl (C=O) groups excluding carboxylic acids is 1. The van der Waals surface area contributed by atoms with Crippen LogP contribution in [0.5, 0.6) is 0 Å². The molecule has 3 aromatic rings. The molecule has 128 valence electrons. The molecule has 1 N–H and O–H groups in total. The summed E-state index contributed by atoms with van der Waals surface area (Å²) in [5.74, 6) is 0.579. The average Bonchev–Trinajstić information content (AvgIpc) is 3.05. The van der Waals surface area contributed by atoms with E-state index in [2.05, 4.69) is 20.5 Å². The summed E-state index contributed by atoms with van der Waals surface area (Å²) in [4.78, 5) is 16.5. The van der Waals surface area contributed by atoms with E-state index >= 15 is 0 Å². The second kappa shape index (κ2) is 7.94. The first-order valence-corrected chi connectivity index (χ1v) is 8.79. The summed E-state index contributed by atoms with van der Waals surface area (Å²) in [6.07, 6.45) is 3.44. The van der Waals surface area contributed by atoms with Crippen molar-refractivity contribution in [3.8, 4) is 0 Å². The van der Waals surface area contributed by atoms with E-state index in [9.17, 15) is 4.79 Å². The van der Waals surface area contributed by atoms with Crippen LogP contribution in [0.4, 0.5) is 0 Å². The van der Waals surface area contributed by atoms with Gasteiger partial charge < -0.3 is 9.73 Å². The maximum Gasteiger partial charge on any atom is 0.277 e. The minimum atomic E-state index is -0.235. The van der Waals surface area contributed by atoms with Gasteiger partial charge in [-0.05, 0) is 30.2 Å². The molecule has 0 fully saturated rings. The van der Waals surface area contributed by atoms with Crippen molar-refractivity contribution in [2.75, 3.05) is 5.75 Å². The van der Waals surface area contributed by atoms with Crippen molar-refractivity contribution >= 4 is 17.7 Å². The number of aromatic nitrogens is 3. The van der Waals surface area contributed by atoms with Crippen LogP contribution in [0.1, 0.15) is 28.6 Å². The molecule has 1 aromatic carbocycles. The summed E-state index contributed by atoms with van der Waals surface area (Å²) >= 11 is 1.22. The average molecular weight is 354 g/mol. The molecule has 0 radical (unpaired) electrons. The number of thioether (sulfide) groups is 1. The SMILES string of the molecule is Cc1ccc(C(NC(=O)CSc2nnc(C)o2)c2ccncc2)cc1. The topological polar surface area (TPSA) is 80.9 Å². The normalized spacial score (nSPS) is 11.9. The van der Waals surface area contributed by atoms with Gasteiger partial charge in [0.05, 0.1) is 11.8 Å². The second-order valence-electron chi connectivity index (χ2n) is 5.57. The van der Waals surface area contributed by atoms with Gasteiger partial charge in [0.15, 0.2) is 0 Å². The largest absolute Gasteiger partial charge is 0.416 e. The van der Waals surface area contributed by atoms with Gasteiger partial charge in [-0.3, -0.25) is 9.78 Å². The number of hydrogen-bond acceptors (Lipinski definition) is 6. The fourth-order valence-corrected chi connectivity index (χ4v) is 2.96. The number of nitrogens with zero attached hydrogens (tertiary/aromatic N) is 3. The van der Waals surface area contributed by atoms with Crippen molar-refractivity contribution < 1.29 is 9.21 Å². The molecule has 0 aliphatic heterocycles. The smallest absolute Gasteiger partial charge is 0.277 e. The van der Waals surface area contributed by atoms with E-state index in [-0.39, 0.29) is 17.7 Å². The third kappa shape index (κ3) is 4.67. The first-order chi connectivity index (χ1) is 12.1. The van der Waals surface area contributed by atoms with Gasteiger partial charge in [0, 0.05) is 19.3 Å². The van der Waals surface area contributed by atoms with Crippen molar-refractivity contribution in [2.45, 2.75) is 25.1 Å². The highest BCUT2D eigenvalue weighted by Gasteiger charge is 2.17. The highest BCUT2D eigenvalue weighted by molar-refractivity contribution is 7.99. The lowest BCUT2D eigenvalue weighted by Crippen LogP contribution is -2.30. The van der Waals surface area contributed by atoms with Crippen molar-refractivity contribution in [3.63, 3.8) is 0 Å². The Kier molecular flexibility index (Phi) is 5.45. The van der Waals surface area contributed by atoms with E-state index in [1.807, 2.05) is 43.3 Å². The zero-order valence-electron chi connectivity index (χ0n) is 14.0. The molecule has 7 heteroatoms. The number of hydrogen-bond donors (Lipinski definition) is 1. The molecule has 1 atom stereocenters. The van der Waals surface area contributed by atoms with Crippen molar-refractivity contribution in [1.29, 1.82) is 0 Å². The highest BCUT2D eigenvalue weighted by Crippen LogP contribution is 2.23. The number of carbonyl (C=O) groups is 1. The molecular formula is C18H18N4O2S. The summed E-state index contributed by atoms with van der Waals surface area (Å²) in [6, 6.07) is 11.7. The molecule has 0 bridgehead atoms. The van der Waals surface area contributed by atoms with Gasteiger partial charge >= 0.3 is 0 Å². The number of nitrogens with one attached hydrogen (secondary N) is 1. The molecule has 0 saturated heterocycles. The molecule has 0 spiro atoms. The van der Waals surface area contributed by atoms with Gasteiger partial charge in [0.1, 0.15) is 0 Å². The highest BCUT2D eigenvalue weighted by atomic mass is 32.2. The first kappa shape index (κ1) is 17.2. The Labute approximate surface area is 150 Å². The van der Waals surface area contributed by atoms with Gasteiger partial charge in [-0.15, -0.1) is 10.2 Å². The molecule has 0 saturated carbocycles. The Balaban J connectivity index is 1.73. The van der Waals surface area contributed by atoms with Gasteiger partial charge in [-0.1, -0.05) is 41.6 Å². The minimum Gasteiger partial charge on any atom is -0.416 e. The molecular weight excluding hydrogens is 336 g/mol. The van der Waals surface area contributed by atoms with Crippen LogP contribution in [-0.4, -0.2) is 26.8 Å². The van der Waals surface area contributed by atoms with Crippen molar-refractivity contribution in [1.82, 2.24) is 20.5 Å². The van der Waals surface area contributed by atoms with E-state index in [1.54, 1.807) is 19.3 Å². The van der Waals surface area contributed by atoms with E-state index < -0.39 is 0 Å². The number of amides is 1. The molecule has 1 unspecified atom stereocenters. The molecule has 2 aromatic heterocycles. The number of rotatable bonds is 6. The monoisotopic (exact) mass is 354 g/mol. The fourth-order valence-electron chi connectivity index (χ4n) is 2.34. The zero-order valence-corrected chi connectivity index (χ0v) is 14.8. The lowest BCUT2D eigenvalue weighted by atomic mass is 9.98. The van der Waals surface area contributed by atoms with Crippen LogP contribution < -0.4 is 5.32 Å². The lowest BCUT2D eigenvalue weighted by Gasteiger charge is -2.19. The molecule has 1 amide bonds. The second-order valence-corrected chi connectivity index (χ2v) is 6.49. The van der Waals surface area contributed by atoms with Crippen LogP contribution in [-0.2, 0) is 4.79 Å². The third-order valence-corrected chi connectivity index (χ3v) is 4.41. The molecule has 3 rings (SSSR count). The van der Waals surface area contributed by atoms with Gasteiger partial charge in [0.25, 0.3) is 5.22 Å². The van der Waals surface area contributed by atoms with Gasteiger partial charge in [-0.2, -0.15) is 0 Å². The number of pyridine rings is 1. The maximum atomic E-state index is 12.4. The zero-order chi connectivity index (χ0) is 17.6. The van der Waals surface area contributed by atoms with Crippen LogP contribution in [0.2, 0.25) is 0 Å². The summed E-state index contributed by atoms with van der Waals surface area (Å²) in [5.41, 5.74) is 3.17. The van der Waals surface area contributed by atoms with Crippen molar-refractivity contribution in [2.24, 2.45) is 0 Å². The minimum absolute atomic E-state index is 0.108. The van der Waals surface area contributed by atoms with Gasteiger partial charge in [-0.25, -0.2) is 0 Å². The maximum absolute atomic E-state index is 12.4. The molecule has 0 aliphatic rings. The van der Waals surface area contributed by atoms with E-state index in [1.165, 1.54) is 17.3 Å². The predicted molar refractivity (Wildman–Crippen MR) is 95.2 cm³/mol. The Morgan fingerprint density at radius 1 is 1.08 bits per heavy atom. The predicted octanol–water partition coefficient (Wildman–Crippen LogP) is 3.08.